The van der Waals surface area contributed by atoms with Crippen LogP contribution < -0.4 is 5.73 Å². The van der Waals surface area contributed by atoms with Crippen LogP contribution in [0.1, 0.15) is 12.8 Å². The van der Waals surface area contributed by atoms with Gasteiger partial charge in [-0.3, -0.25) is 0 Å². The minimum atomic E-state index is -4.10. The molecule has 2 nitrogen and oxygen atoms in total. The minimum Gasteiger partial charge on any atom is -0.326 e. The van der Waals surface area contributed by atoms with Crippen LogP contribution >= 0.6 is 0 Å². The molecule has 2 unspecified atom stereocenters. The van der Waals surface area contributed by atoms with Crippen LogP contribution in [-0.2, 0) is 0 Å². The maximum Gasteiger partial charge on any atom is 0.390 e. The minimum absolute atomic E-state index is 0.323. The van der Waals surface area contributed by atoms with E-state index in [4.69, 9.17) is 5.73 Å². The third kappa shape index (κ3) is 2.35. The van der Waals surface area contributed by atoms with Crippen LogP contribution in [0.4, 0.5) is 13.2 Å². The molecule has 0 aliphatic carbocycles. The van der Waals surface area contributed by atoms with Gasteiger partial charge in [-0.25, -0.2) is 0 Å². The molecule has 1 aliphatic rings. The zero-order valence-corrected chi connectivity index (χ0v) is 6.93. The number of likely N-dealkylation sites (N-methyl/N-ethyl adjacent to an activating group) is 1. The van der Waals surface area contributed by atoms with Crippen molar-refractivity contribution in [1.82, 2.24) is 4.90 Å². The molecule has 0 spiro atoms. The summed E-state index contributed by atoms with van der Waals surface area (Å²) in [6.07, 6.45) is -4.22. The van der Waals surface area contributed by atoms with Gasteiger partial charge in [0.05, 0.1) is 6.42 Å². The van der Waals surface area contributed by atoms with E-state index in [2.05, 4.69) is 0 Å². The van der Waals surface area contributed by atoms with Gasteiger partial charge in [-0.1, -0.05) is 0 Å². The van der Waals surface area contributed by atoms with Crippen molar-refractivity contribution < 1.29 is 13.2 Å². The molecule has 12 heavy (non-hydrogen) atoms. The van der Waals surface area contributed by atoms with Crippen molar-refractivity contribution in [3.05, 3.63) is 0 Å². The maximum atomic E-state index is 12.0. The smallest absolute Gasteiger partial charge is 0.326 e. The lowest BCUT2D eigenvalue weighted by atomic mass is 10.1. The van der Waals surface area contributed by atoms with Crippen LogP contribution in [0.5, 0.6) is 0 Å². The van der Waals surface area contributed by atoms with E-state index in [1.54, 1.807) is 11.9 Å². The zero-order valence-electron chi connectivity index (χ0n) is 6.93. The Labute approximate surface area is 69.5 Å². The quantitative estimate of drug-likeness (QED) is 0.654. The number of halogens is 3. The Morgan fingerprint density at radius 3 is 2.42 bits per heavy atom. The van der Waals surface area contributed by atoms with Crippen LogP contribution in [0, 0.1) is 0 Å². The Morgan fingerprint density at radius 1 is 1.50 bits per heavy atom. The molecule has 1 saturated heterocycles. The predicted molar refractivity (Wildman–Crippen MR) is 39.7 cm³/mol. The van der Waals surface area contributed by atoms with Crippen LogP contribution in [0.3, 0.4) is 0 Å². The molecule has 0 aromatic rings. The first-order valence-electron chi connectivity index (χ1n) is 3.93. The number of likely N-dealkylation sites (tertiary alicyclic amines) is 1. The summed E-state index contributed by atoms with van der Waals surface area (Å²) in [5, 5.41) is 0. The van der Waals surface area contributed by atoms with Crippen molar-refractivity contribution >= 4 is 0 Å². The van der Waals surface area contributed by atoms with Crippen molar-refractivity contribution in [3.8, 4) is 0 Å². The van der Waals surface area contributed by atoms with E-state index < -0.39 is 18.6 Å². The lowest BCUT2D eigenvalue weighted by Gasteiger charge is -2.23. The first-order valence-corrected chi connectivity index (χ1v) is 3.93. The molecule has 1 heterocycles. The zero-order chi connectivity index (χ0) is 9.35. The molecule has 0 amide bonds. The molecule has 0 saturated carbocycles. The molecule has 72 valence electrons. The summed E-state index contributed by atoms with van der Waals surface area (Å²) in [7, 11) is 1.68. The van der Waals surface area contributed by atoms with Gasteiger partial charge in [0, 0.05) is 12.1 Å². The molecule has 0 aromatic heterocycles. The van der Waals surface area contributed by atoms with Gasteiger partial charge in [0.1, 0.15) is 0 Å². The molecule has 1 rings (SSSR count). The Balaban J connectivity index is 2.50. The van der Waals surface area contributed by atoms with E-state index in [0.29, 0.717) is 13.0 Å². The summed E-state index contributed by atoms with van der Waals surface area (Å²) < 4.78 is 35.9. The Hall–Kier alpha value is -0.290. The second-order valence-electron chi connectivity index (χ2n) is 3.32. The van der Waals surface area contributed by atoms with Crippen LogP contribution in [0.15, 0.2) is 0 Å². The predicted octanol–water partition coefficient (Wildman–Crippen LogP) is 0.970. The highest BCUT2D eigenvalue weighted by atomic mass is 19.4. The molecule has 0 bridgehead atoms. The number of nitrogens with zero attached hydrogens (tertiary/aromatic N) is 1. The van der Waals surface area contributed by atoms with Gasteiger partial charge in [-0.2, -0.15) is 13.2 Å². The largest absolute Gasteiger partial charge is 0.390 e. The Bertz CT molecular complexity index is 147. The van der Waals surface area contributed by atoms with E-state index in [9.17, 15) is 13.2 Å². The topological polar surface area (TPSA) is 29.3 Å². The lowest BCUT2D eigenvalue weighted by molar-refractivity contribution is -0.145. The lowest BCUT2D eigenvalue weighted by Crippen LogP contribution is -2.40. The van der Waals surface area contributed by atoms with Gasteiger partial charge >= 0.3 is 6.18 Å². The second-order valence-corrected chi connectivity index (χ2v) is 3.32. The van der Waals surface area contributed by atoms with Gasteiger partial charge in [0.2, 0.25) is 0 Å². The summed E-state index contributed by atoms with van der Waals surface area (Å²) in [6, 6.07) is -0.846. The van der Waals surface area contributed by atoms with Crippen LogP contribution in [0.2, 0.25) is 0 Å². The van der Waals surface area contributed by atoms with E-state index in [0.717, 1.165) is 0 Å². The molecule has 2 atom stereocenters. The second kappa shape index (κ2) is 3.22. The third-order valence-corrected chi connectivity index (χ3v) is 2.32. The first-order chi connectivity index (χ1) is 5.40. The number of alkyl halides is 3. The fourth-order valence-corrected chi connectivity index (χ4v) is 1.58. The van der Waals surface area contributed by atoms with E-state index >= 15 is 0 Å². The van der Waals surface area contributed by atoms with E-state index in [1.165, 1.54) is 0 Å². The van der Waals surface area contributed by atoms with Gasteiger partial charge in [-0.05, 0) is 20.0 Å². The van der Waals surface area contributed by atoms with E-state index in [1.807, 2.05) is 0 Å². The highest BCUT2D eigenvalue weighted by molar-refractivity contribution is 4.89. The summed E-state index contributed by atoms with van der Waals surface area (Å²) in [5.74, 6) is 0. The summed E-state index contributed by atoms with van der Waals surface area (Å²) in [4.78, 5) is 1.68. The normalized spacial score (nSPS) is 32.8. The molecule has 2 N–H and O–H groups in total. The van der Waals surface area contributed by atoms with Gasteiger partial charge in [0.25, 0.3) is 0 Å². The maximum absolute atomic E-state index is 12.0. The van der Waals surface area contributed by atoms with Crippen molar-refractivity contribution in [1.29, 1.82) is 0 Å². The molecule has 1 fully saturated rings. The SMILES string of the molecule is CN1CCC(N)C1CC(F)(F)F. The van der Waals surface area contributed by atoms with E-state index in [-0.39, 0.29) is 6.04 Å². The van der Waals surface area contributed by atoms with Gasteiger partial charge in [-0.15, -0.1) is 0 Å². The molecular formula is C7H13F3N2. The van der Waals surface area contributed by atoms with Gasteiger partial charge in [0.15, 0.2) is 0 Å². The van der Waals surface area contributed by atoms with Crippen molar-refractivity contribution in [2.75, 3.05) is 13.6 Å². The standard InChI is InChI=1S/C7H13F3N2/c1-12-3-2-5(11)6(12)4-7(8,9)10/h5-6H,2-4,11H2,1H3. The first kappa shape index (κ1) is 9.80. The fourth-order valence-electron chi connectivity index (χ4n) is 1.58. The number of hydrogen-bond acceptors (Lipinski definition) is 2. The molecular weight excluding hydrogens is 169 g/mol. The molecule has 1 aliphatic heterocycles. The number of nitrogens with two attached hydrogens (primary N) is 1. The summed E-state index contributed by atoms with van der Waals surface area (Å²) >= 11 is 0. The number of hydrogen-bond donors (Lipinski definition) is 1. The Morgan fingerprint density at radius 2 is 2.08 bits per heavy atom. The molecule has 5 heteroatoms. The van der Waals surface area contributed by atoms with Gasteiger partial charge < -0.3 is 10.6 Å². The average molecular weight is 182 g/mol. The van der Waals surface area contributed by atoms with Crippen LogP contribution in [-0.4, -0.2) is 36.8 Å². The average Bonchev–Trinajstić information content (AvgIpc) is 2.16. The Kier molecular flexibility index (Phi) is 2.63. The molecule has 0 radical (unpaired) electrons. The van der Waals surface area contributed by atoms with Crippen molar-refractivity contribution in [3.63, 3.8) is 0 Å². The monoisotopic (exact) mass is 182 g/mol. The third-order valence-electron chi connectivity index (χ3n) is 2.32. The number of rotatable bonds is 1. The van der Waals surface area contributed by atoms with Crippen LogP contribution in [0.25, 0.3) is 0 Å². The van der Waals surface area contributed by atoms with Crippen molar-refractivity contribution in [2.24, 2.45) is 5.73 Å². The highest BCUT2D eigenvalue weighted by Crippen LogP contribution is 2.28. The summed E-state index contributed by atoms with van der Waals surface area (Å²) in [6.45, 7) is 0.669. The summed E-state index contributed by atoms with van der Waals surface area (Å²) in [5.41, 5.74) is 5.53. The molecule has 0 aromatic carbocycles. The fraction of sp³-hybridized carbons (Fsp3) is 1.00. The van der Waals surface area contributed by atoms with Crippen molar-refractivity contribution in [2.45, 2.75) is 31.1 Å². The highest BCUT2D eigenvalue weighted by Gasteiger charge is 2.39.